The van der Waals surface area contributed by atoms with Crippen molar-refractivity contribution in [3.05, 3.63) is 17.8 Å². The number of aromatic nitrogens is 1. The molecule has 1 aromatic rings. The molecule has 1 aliphatic heterocycles. The van der Waals surface area contributed by atoms with Gasteiger partial charge in [-0.25, -0.2) is 9.78 Å². The third-order valence-corrected chi connectivity index (χ3v) is 3.85. The summed E-state index contributed by atoms with van der Waals surface area (Å²) < 4.78 is 5.60. The molecule has 126 valence electrons. The minimum Gasteiger partial charge on any atom is -0.481 e. The molecule has 7 nitrogen and oxygen atoms in total. The number of carboxylic acids is 1. The fourth-order valence-corrected chi connectivity index (χ4v) is 2.47. The monoisotopic (exact) mass is 321 g/mol. The van der Waals surface area contributed by atoms with Gasteiger partial charge < -0.3 is 20.1 Å². The average Bonchev–Trinajstić information content (AvgIpc) is 2.85. The van der Waals surface area contributed by atoms with Gasteiger partial charge in [0.05, 0.1) is 11.5 Å². The lowest BCUT2D eigenvalue weighted by Crippen LogP contribution is -2.37. The van der Waals surface area contributed by atoms with Gasteiger partial charge in [-0.1, -0.05) is 0 Å². The second kappa shape index (κ2) is 6.44. The second-order valence-electron chi connectivity index (χ2n) is 6.50. The lowest BCUT2D eigenvalue weighted by molar-refractivity contribution is -0.146. The molecule has 0 radical (unpaired) electrons. The quantitative estimate of drug-likeness (QED) is 0.889. The van der Waals surface area contributed by atoms with E-state index in [0.29, 0.717) is 24.5 Å². The maximum absolute atomic E-state index is 12.4. The van der Waals surface area contributed by atoms with Crippen molar-refractivity contribution in [3.63, 3.8) is 0 Å². The molecule has 2 heterocycles. The molecular formula is C16H23N3O4. The smallest absolute Gasteiger partial charge is 0.322 e. The van der Waals surface area contributed by atoms with Gasteiger partial charge in [-0.15, -0.1) is 0 Å². The summed E-state index contributed by atoms with van der Waals surface area (Å²) in [5.74, 6) is -0.520. The van der Waals surface area contributed by atoms with E-state index in [-0.39, 0.29) is 18.7 Å². The number of ether oxygens (including phenoxy) is 1. The maximum atomic E-state index is 12.4. The zero-order chi connectivity index (χ0) is 17.2. The highest BCUT2D eigenvalue weighted by atomic mass is 16.5. The number of aryl methyl sites for hydroxylation is 1. The number of anilines is 1. The van der Waals surface area contributed by atoms with Crippen molar-refractivity contribution in [3.8, 4) is 5.88 Å². The first-order valence-electron chi connectivity index (χ1n) is 7.64. The molecule has 0 bridgehead atoms. The molecule has 2 amide bonds. The van der Waals surface area contributed by atoms with Gasteiger partial charge in [-0.2, -0.15) is 0 Å². The van der Waals surface area contributed by atoms with Crippen LogP contribution in [-0.2, 0) is 4.79 Å². The summed E-state index contributed by atoms with van der Waals surface area (Å²) >= 11 is 0. The van der Waals surface area contributed by atoms with Crippen LogP contribution < -0.4 is 10.1 Å². The molecule has 1 fully saturated rings. The zero-order valence-corrected chi connectivity index (χ0v) is 13.9. The lowest BCUT2D eigenvalue weighted by atomic mass is 9.90. The number of amides is 2. The number of nitrogens with zero attached hydrogens (tertiary/aromatic N) is 2. The first-order valence-corrected chi connectivity index (χ1v) is 7.64. The molecule has 0 saturated carbocycles. The largest absolute Gasteiger partial charge is 0.481 e. The summed E-state index contributed by atoms with van der Waals surface area (Å²) in [6.07, 6.45) is 2.05. The number of nitrogens with one attached hydrogen (secondary N) is 1. The number of hydrogen-bond acceptors (Lipinski definition) is 4. The summed E-state index contributed by atoms with van der Waals surface area (Å²) in [6, 6.07) is 1.45. The Morgan fingerprint density at radius 3 is 2.74 bits per heavy atom. The molecule has 1 aromatic heterocycles. The van der Waals surface area contributed by atoms with E-state index < -0.39 is 11.4 Å². The van der Waals surface area contributed by atoms with Gasteiger partial charge in [0.2, 0.25) is 5.88 Å². The first kappa shape index (κ1) is 17.1. The molecule has 1 atom stereocenters. The third kappa shape index (κ3) is 3.91. The van der Waals surface area contributed by atoms with E-state index in [1.807, 2.05) is 20.8 Å². The number of urea groups is 1. The highest BCUT2D eigenvalue weighted by Crippen LogP contribution is 2.31. The predicted octanol–water partition coefficient (Wildman–Crippen LogP) is 2.51. The van der Waals surface area contributed by atoms with Crippen molar-refractivity contribution in [1.29, 1.82) is 0 Å². The highest BCUT2D eigenvalue weighted by molar-refractivity contribution is 5.91. The Kier molecular flexibility index (Phi) is 4.77. The van der Waals surface area contributed by atoms with Gasteiger partial charge in [0, 0.05) is 19.3 Å². The van der Waals surface area contributed by atoms with Crippen LogP contribution in [0, 0.1) is 12.3 Å². The molecule has 2 N–H and O–H groups in total. The van der Waals surface area contributed by atoms with Crippen molar-refractivity contribution in [1.82, 2.24) is 9.88 Å². The van der Waals surface area contributed by atoms with Crippen LogP contribution in [0.1, 0.15) is 32.8 Å². The summed E-state index contributed by atoms with van der Waals surface area (Å²) in [7, 11) is 0. The molecular weight excluding hydrogens is 298 g/mol. The third-order valence-electron chi connectivity index (χ3n) is 3.85. The fourth-order valence-electron chi connectivity index (χ4n) is 2.47. The van der Waals surface area contributed by atoms with Crippen LogP contribution in [0.5, 0.6) is 5.88 Å². The Hall–Kier alpha value is -2.31. The number of likely N-dealkylation sites (tertiary alicyclic amines) is 1. The van der Waals surface area contributed by atoms with Gasteiger partial charge in [0.15, 0.2) is 0 Å². The van der Waals surface area contributed by atoms with Crippen LogP contribution in [0.2, 0.25) is 0 Å². The minimum atomic E-state index is -0.889. The summed E-state index contributed by atoms with van der Waals surface area (Å²) in [5, 5.41) is 12.0. The molecule has 1 aliphatic rings. The van der Waals surface area contributed by atoms with Gasteiger partial charge in [-0.05, 0) is 45.7 Å². The minimum absolute atomic E-state index is 0.0667. The van der Waals surface area contributed by atoms with Crippen molar-refractivity contribution >= 4 is 17.7 Å². The van der Waals surface area contributed by atoms with Crippen LogP contribution in [0.4, 0.5) is 10.5 Å². The Bertz CT molecular complexity index is 617. The number of pyridine rings is 1. The fraction of sp³-hybridized carbons (Fsp3) is 0.562. The van der Waals surface area contributed by atoms with Gasteiger partial charge in [0.1, 0.15) is 5.69 Å². The standard InChI is InChI=1S/C16H23N3O4/c1-10(2)23-13-12(7-11(3)8-17-13)18-15(22)19-6-5-16(4,9-19)14(20)21/h7-8,10H,5-6,9H2,1-4H3,(H,18,22)(H,20,21). The van der Waals surface area contributed by atoms with E-state index in [0.717, 1.165) is 5.56 Å². The van der Waals surface area contributed by atoms with Crippen LogP contribution in [0.15, 0.2) is 12.3 Å². The normalized spacial score (nSPS) is 20.7. The van der Waals surface area contributed by atoms with E-state index in [1.54, 1.807) is 19.2 Å². The van der Waals surface area contributed by atoms with Crippen molar-refractivity contribution in [2.75, 3.05) is 18.4 Å². The Morgan fingerprint density at radius 1 is 1.48 bits per heavy atom. The summed E-state index contributed by atoms with van der Waals surface area (Å²) in [6.45, 7) is 7.89. The molecule has 1 unspecified atom stereocenters. The molecule has 23 heavy (non-hydrogen) atoms. The Morgan fingerprint density at radius 2 is 2.17 bits per heavy atom. The average molecular weight is 321 g/mol. The van der Waals surface area contributed by atoms with E-state index in [9.17, 15) is 14.7 Å². The van der Waals surface area contributed by atoms with E-state index in [1.165, 1.54) is 4.90 Å². The van der Waals surface area contributed by atoms with Crippen LogP contribution in [0.25, 0.3) is 0 Å². The topological polar surface area (TPSA) is 91.8 Å². The van der Waals surface area contributed by atoms with Crippen molar-refractivity contribution in [2.45, 2.75) is 40.2 Å². The second-order valence-corrected chi connectivity index (χ2v) is 6.50. The Labute approximate surface area is 135 Å². The SMILES string of the molecule is Cc1cnc(OC(C)C)c(NC(=O)N2CCC(C)(C(=O)O)C2)c1. The summed E-state index contributed by atoms with van der Waals surface area (Å²) in [5.41, 5.74) is 0.500. The van der Waals surface area contributed by atoms with E-state index in [2.05, 4.69) is 10.3 Å². The van der Waals surface area contributed by atoms with Crippen molar-refractivity contribution < 1.29 is 19.4 Å². The number of carbonyl (C=O) groups excluding carboxylic acids is 1. The van der Waals surface area contributed by atoms with E-state index in [4.69, 9.17) is 4.74 Å². The molecule has 2 rings (SSSR count). The van der Waals surface area contributed by atoms with Gasteiger partial charge in [0.25, 0.3) is 0 Å². The Balaban J connectivity index is 2.12. The molecule has 0 spiro atoms. The summed E-state index contributed by atoms with van der Waals surface area (Å²) in [4.78, 5) is 29.4. The maximum Gasteiger partial charge on any atom is 0.322 e. The number of rotatable bonds is 4. The lowest BCUT2D eigenvalue weighted by Gasteiger charge is -2.21. The molecule has 7 heteroatoms. The molecule has 0 aliphatic carbocycles. The van der Waals surface area contributed by atoms with Crippen LogP contribution in [0.3, 0.4) is 0 Å². The first-order chi connectivity index (χ1) is 10.7. The van der Waals surface area contributed by atoms with Crippen molar-refractivity contribution in [2.24, 2.45) is 5.41 Å². The van der Waals surface area contributed by atoms with E-state index >= 15 is 0 Å². The number of hydrogen-bond donors (Lipinski definition) is 2. The zero-order valence-electron chi connectivity index (χ0n) is 13.9. The van der Waals surface area contributed by atoms with Gasteiger partial charge >= 0.3 is 12.0 Å². The highest BCUT2D eigenvalue weighted by Gasteiger charge is 2.42. The predicted molar refractivity (Wildman–Crippen MR) is 85.7 cm³/mol. The molecule has 0 aromatic carbocycles. The molecule has 1 saturated heterocycles. The van der Waals surface area contributed by atoms with Crippen LogP contribution in [-0.4, -0.2) is 46.2 Å². The number of carboxylic acid groups (broad SMARTS) is 1. The number of carbonyl (C=O) groups is 2. The number of aliphatic carboxylic acids is 1. The van der Waals surface area contributed by atoms with Gasteiger partial charge in [-0.3, -0.25) is 4.79 Å². The van der Waals surface area contributed by atoms with Crippen LogP contribution >= 0.6 is 0 Å².